The van der Waals surface area contributed by atoms with Gasteiger partial charge in [-0.25, -0.2) is 27.6 Å². The monoisotopic (exact) mass is 815 g/mol. The molecular formula is C38H40F3N5O10S. The molecule has 0 spiro atoms. The van der Waals surface area contributed by atoms with Crippen LogP contribution >= 0.6 is 11.8 Å². The number of hydrogen-bond acceptors (Lipinski definition) is 13. The zero-order chi connectivity index (χ0) is 41.5. The van der Waals surface area contributed by atoms with Crippen molar-refractivity contribution in [1.29, 1.82) is 5.26 Å². The number of allylic oxidation sites excluding steroid dienone is 2. The third kappa shape index (κ3) is 13.2. The first-order chi connectivity index (χ1) is 27.2. The SMILES string of the molecule is CC(OC(=O)CCC(=O)N(C)CCC(=O)O)OC(=O)OC(Cn1cncn1)(c1ccc(F)cc1F)C(C)SC1COC(C=CC=Cc2ccc(C#N)cc2F)OC1. The number of aliphatic carboxylic acids is 1. The molecule has 3 unspecified atom stereocenters. The molecule has 15 nitrogen and oxygen atoms in total. The first kappa shape index (κ1) is 44.0. The lowest BCUT2D eigenvalue weighted by Gasteiger charge is -2.40. The maximum atomic E-state index is 15.7. The minimum Gasteiger partial charge on any atom is -0.481 e. The minimum atomic E-state index is -1.95. The molecule has 2 heterocycles. The van der Waals surface area contributed by atoms with Crippen molar-refractivity contribution in [2.45, 2.75) is 68.3 Å². The smallest absolute Gasteiger partial charge is 0.481 e. The van der Waals surface area contributed by atoms with Gasteiger partial charge in [0, 0.05) is 49.4 Å². The number of hydrogen-bond donors (Lipinski definition) is 1. The van der Waals surface area contributed by atoms with Crippen molar-refractivity contribution in [1.82, 2.24) is 19.7 Å². The number of carboxylic acids is 1. The Balaban J connectivity index is 1.44. The first-order valence-electron chi connectivity index (χ1n) is 17.4. The summed E-state index contributed by atoms with van der Waals surface area (Å²) in [6, 6.07) is 8.76. The van der Waals surface area contributed by atoms with E-state index in [4.69, 9.17) is 34.1 Å². The van der Waals surface area contributed by atoms with Gasteiger partial charge in [-0.05, 0) is 37.3 Å². The topological polar surface area (TPSA) is 192 Å². The number of carbonyl (C=O) groups is 4. The van der Waals surface area contributed by atoms with Crippen molar-refractivity contribution in [3.05, 3.63) is 101 Å². The summed E-state index contributed by atoms with van der Waals surface area (Å²) in [5, 5.41) is 20.6. The van der Waals surface area contributed by atoms with Gasteiger partial charge in [0.15, 0.2) is 11.9 Å². The highest BCUT2D eigenvalue weighted by atomic mass is 32.2. The second kappa shape index (κ2) is 21.0. The zero-order valence-corrected chi connectivity index (χ0v) is 31.9. The van der Waals surface area contributed by atoms with Gasteiger partial charge in [0.05, 0.1) is 49.5 Å². The largest absolute Gasteiger partial charge is 0.512 e. The van der Waals surface area contributed by atoms with E-state index in [0.717, 1.165) is 23.1 Å². The van der Waals surface area contributed by atoms with Crippen LogP contribution in [-0.2, 0) is 50.2 Å². The molecule has 0 bridgehead atoms. The molecule has 0 radical (unpaired) electrons. The number of benzene rings is 2. The van der Waals surface area contributed by atoms with Crippen LogP contribution < -0.4 is 0 Å². The number of carboxylic acid groups (broad SMARTS) is 1. The average molecular weight is 816 g/mol. The van der Waals surface area contributed by atoms with E-state index in [0.29, 0.717) is 6.07 Å². The Morgan fingerprint density at radius 1 is 1.07 bits per heavy atom. The summed E-state index contributed by atoms with van der Waals surface area (Å²) in [7, 11) is 1.39. The van der Waals surface area contributed by atoms with Crippen molar-refractivity contribution < 1.29 is 61.1 Å². The van der Waals surface area contributed by atoms with Crippen LogP contribution in [0.25, 0.3) is 6.08 Å². The molecule has 1 N–H and O–H groups in total. The Kier molecular flexibility index (Phi) is 16.2. The number of thioether (sulfide) groups is 1. The summed E-state index contributed by atoms with van der Waals surface area (Å²) in [4.78, 5) is 54.0. The van der Waals surface area contributed by atoms with Crippen molar-refractivity contribution in [3.63, 3.8) is 0 Å². The van der Waals surface area contributed by atoms with Crippen molar-refractivity contribution in [2.24, 2.45) is 0 Å². The number of nitrogens with zero attached hydrogens (tertiary/aromatic N) is 5. The molecule has 1 aliphatic rings. The van der Waals surface area contributed by atoms with Gasteiger partial charge >= 0.3 is 18.1 Å². The zero-order valence-electron chi connectivity index (χ0n) is 31.1. The van der Waals surface area contributed by atoms with E-state index in [1.54, 1.807) is 25.2 Å². The van der Waals surface area contributed by atoms with Crippen LogP contribution in [0.5, 0.6) is 0 Å². The Bertz CT molecular complexity index is 1970. The molecule has 2 aromatic carbocycles. The minimum absolute atomic E-state index is 0.0558. The fraction of sp³-hybridized carbons (Fsp3) is 0.395. The van der Waals surface area contributed by atoms with Gasteiger partial charge in [-0.2, -0.15) is 10.4 Å². The molecule has 19 heteroatoms. The maximum absolute atomic E-state index is 15.7. The van der Waals surface area contributed by atoms with E-state index >= 15 is 4.39 Å². The first-order valence-corrected chi connectivity index (χ1v) is 18.4. The van der Waals surface area contributed by atoms with Gasteiger partial charge in [0.2, 0.25) is 12.2 Å². The second-order valence-electron chi connectivity index (χ2n) is 12.6. The van der Waals surface area contributed by atoms with E-state index in [9.17, 15) is 28.0 Å². The molecule has 1 aliphatic heterocycles. The molecule has 4 rings (SSSR count). The second-order valence-corrected chi connectivity index (χ2v) is 14.3. The van der Waals surface area contributed by atoms with Crippen LogP contribution in [0.15, 0.2) is 67.3 Å². The van der Waals surface area contributed by atoms with Gasteiger partial charge in [0.25, 0.3) is 0 Å². The molecule has 1 saturated heterocycles. The highest BCUT2D eigenvalue weighted by molar-refractivity contribution is 8.00. The lowest BCUT2D eigenvalue weighted by Crippen LogP contribution is -2.47. The number of rotatable bonds is 18. The standard InChI is InChI=1S/C38H40F3N5O10S/c1-24(57-29-19-52-36(53-20-29)7-5-4-6-27-9-8-26(18-42)16-31(27)40)38(21-46-23-43-22-44-46,30-11-10-28(39)17-32(30)41)56-37(51)55-25(2)54-35(50)13-12-33(47)45(3)15-14-34(48)49/h4-11,16-17,22-25,29,36H,12-15,19-21H2,1-3H3,(H,48,49). The number of esters is 1. The lowest BCUT2D eigenvalue weighted by atomic mass is 9.89. The number of carbonyl (C=O) groups excluding carboxylic acids is 3. The van der Waals surface area contributed by atoms with Crippen LogP contribution in [0.1, 0.15) is 49.8 Å². The molecule has 0 saturated carbocycles. The van der Waals surface area contributed by atoms with Crippen LogP contribution in [-0.4, -0.2) is 98.7 Å². The molecule has 3 atom stereocenters. The third-order valence-electron chi connectivity index (χ3n) is 8.44. The number of halogens is 3. The summed E-state index contributed by atoms with van der Waals surface area (Å²) in [6.07, 6.45) is 4.20. The van der Waals surface area contributed by atoms with Crippen molar-refractivity contribution >= 4 is 41.8 Å². The van der Waals surface area contributed by atoms with E-state index in [-0.39, 0.29) is 55.8 Å². The quantitative estimate of drug-likeness (QED) is 0.0982. The lowest BCUT2D eigenvalue weighted by molar-refractivity contribution is -0.172. The van der Waals surface area contributed by atoms with Crippen molar-refractivity contribution in [2.75, 3.05) is 26.8 Å². The Labute approximate surface area is 330 Å². The molecule has 1 aromatic heterocycles. The molecule has 57 heavy (non-hydrogen) atoms. The third-order valence-corrected chi connectivity index (χ3v) is 9.88. The van der Waals surface area contributed by atoms with Crippen LogP contribution in [0.2, 0.25) is 0 Å². The predicted molar refractivity (Wildman–Crippen MR) is 196 cm³/mol. The fourth-order valence-electron chi connectivity index (χ4n) is 5.49. The highest BCUT2D eigenvalue weighted by Crippen LogP contribution is 2.42. The molecule has 1 amide bonds. The molecule has 304 valence electrons. The molecule has 0 aliphatic carbocycles. The maximum Gasteiger partial charge on any atom is 0.512 e. The van der Waals surface area contributed by atoms with Gasteiger partial charge in [-0.3, -0.25) is 14.4 Å². The van der Waals surface area contributed by atoms with E-state index in [1.807, 2.05) is 6.07 Å². The Morgan fingerprint density at radius 2 is 1.82 bits per heavy atom. The number of ether oxygens (including phenoxy) is 5. The van der Waals surface area contributed by atoms with Crippen molar-refractivity contribution in [3.8, 4) is 6.07 Å². The summed E-state index contributed by atoms with van der Waals surface area (Å²) in [6.45, 7) is 2.76. The normalized spacial score (nSPS) is 17.6. The molecule has 1 fully saturated rings. The van der Waals surface area contributed by atoms with E-state index < -0.39 is 76.6 Å². The summed E-state index contributed by atoms with van der Waals surface area (Å²) >= 11 is 1.22. The highest BCUT2D eigenvalue weighted by Gasteiger charge is 2.47. The molecular weight excluding hydrogens is 776 g/mol. The van der Waals surface area contributed by atoms with Gasteiger partial charge < -0.3 is 33.7 Å². The van der Waals surface area contributed by atoms with Crippen LogP contribution in [0, 0.1) is 28.8 Å². The summed E-state index contributed by atoms with van der Waals surface area (Å²) < 4.78 is 73.3. The van der Waals surface area contributed by atoms with Gasteiger partial charge in [-0.1, -0.05) is 24.3 Å². The number of nitriles is 1. The van der Waals surface area contributed by atoms with Gasteiger partial charge in [0.1, 0.15) is 30.1 Å². The fourth-order valence-corrected chi connectivity index (χ4v) is 6.85. The molecule has 3 aromatic rings. The predicted octanol–water partition coefficient (Wildman–Crippen LogP) is 5.35. The van der Waals surface area contributed by atoms with E-state index in [2.05, 4.69) is 10.1 Å². The number of aromatic nitrogens is 3. The average Bonchev–Trinajstić information content (AvgIpc) is 3.68. The van der Waals surface area contributed by atoms with E-state index in [1.165, 1.54) is 61.3 Å². The van der Waals surface area contributed by atoms with Crippen LogP contribution in [0.3, 0.4) is 0 Å². The summed E-state index contributed by atoms with van der Waals surface area (Å²) in [5.74, 6) is -4.96. The number of amides is 1. The Morgan fingerprint density at radius 3 is 2.47 bits per heavy atom. The van der Waals surface area contributed by atoms with Crippen LogP contribution in [0.4, 0.5) is 18.0 Å². The summed E-state index contributed by atoms with van der Waals surface area (Å²) in [5.41, 5.74) is -1.69. The van der Waals surface area contributed by atoms with Gasteiger partial charge in [-0.15, -0.1) is 11.8 Å². The Hall–Kier alpha value is -5.71.